The number of halogens is 1. The standard InChI is InChI=1S/C7H4INO4S2/c8-7(14)15(12,13)6-3-1-5(2-4-6)9(10)11/h1-4H. The lowest BCUT2D eigenvalue weighted by molar-refractivity contribution is -0.384. The first-order chi connectivity index (χ1) is 6.85. The van der Waals surface area contributed by atoms with Crippen LogP contribution in [-0.4, -0.2) is 15.5 Å². The number of sulfone groups is 1. The summed E-state index contributed by atoms with van der Waals surface area (Å²) in [7, 11) is -3.62. The topological polar surface area (TPSA) is 77.3 Å². The number of thiocarbonyl (C=S) groups is 1. The van der Waals surface area contributed by atoms with E-state index in [4.69, 9.17) is 0 Å². The predicted molar refractivity (Wildman–Crippen MR) is 66.9 cm³/mol. The van der Waals surface area contributed by atoms with Crippen molar-refractivity contribution in [3.05, 3.63) is 34.4 Å². The van der Waals surface area contributed by atoms with Crippen molar-refractivity contribution in [2.24, 2.45) is 0 Å². The Morgan fingerprint density at radius 2 is 1.80 bits per heavy atom. The van der Waals surface area contributed by atoms with Crippen LogP contribution in [0.5, 0.6) is 0 Å². The van der Waals surface area contributed by atoms with E-state index in [-0.39, 0.29) is 12.8 Å². The van der Waals surface area contributed by atoms with E-state index in [9.17, 15) is 18.5 Å². The number of rotatable bonds is 2. The molecule has 0 aliphatic rings. The van der Waals surface area contributed by atoms with E-state index in [1.807, 2.05) is 0 Å². The lowest BCUT2D eigenvalue weighted by Gasteiger charge is -1.99. The highest BCUT2D eigenvalue weighted by Gasteiger charge is 2.19. The van der Waals surface area contributed by atoms with Gasteiger partial charge in [0.1, 0.15) is 0 Å². The number of nitro groups is 1. The number of nitrogens with zero attached hydrogens (tertiary/aromatic N) is 1. The first-order valence-corrected chi connectivity index (χ1v) is 6.51. The fourth-order valence-corrected chi connectivity index (χ4v) is 2.57. The fourth-order valence-electron chi connectivity index (χ4n) is 0.840. The summed E-state index contributed by atoms with van der Waals surface area (Å²) in [5, 5.41) is 10.3. The van der Waals surface area contributed by atoms with Gasteiger partial charge >= 0.3 is 0 Å². The highest BCUT2D eigenvalue weighted by atomic mass is 127. The summed E-state index contributed by atoms with van der Waals surface area (Å²) in [6.07, 6.45) is 0. The molecule has 0 aliphatic carbocycles. The molecule has 0 heterocycles. The first kappa shape index (κ1) is 12.5. The second-order valence-electron chi connectivity index (χ2n) is 2.49. The van der Waals surface area contributed by atoms with Gasteiger partial charge in [-0.3, -0.25) is 10.1 Å². The lowest BCUT2D eigenvalue weighted by atomic mass is 10.3. The molecule has 0 aliphatic heterocycles. The monoisotopic (exact) mass is 357 g/mol. The van der Waals surface area contributed by atoms with Crippen LogP contribution in [0.4, 0.5) is 5.69 Å². The highest BCUT2D eigenvalue weighted by Crippen LogP contribution is 2.19. The van der Waals surface area contributed by atoms with Gasteiger partial charge in [0.05, 0.1) is 9.82 Å². The minimum Gasteiger partial charge on any atom is -0.258 e. The van der Waals surface area contributed by atoms with Gasteiger partial charge in [-0.1, -0.05) is 12.2 Å². The van der Waals surface area contributed by atoms with Crippen molar-refractivity contribution in [2.75, 3.05) is 0 Å². The Hall–Kier alpha value is -0.610. The van der Waals surface area contributed by atoms with E-state index in [0.29, 0.717) is 0 Å². The molecule has 5 nitrogen and oxygen atoms in total. The smallest absolute Gasteiger partial charge is 0.258 e. The number of nitro benzene ring substituents is 1. The second kappa shape index (κ2) is 4.49. The summed E-state index contributed by atoms with van der Waals surface area (Å²) in [6.45, 7) is 0. The summed E-state index contributed by atoms with van der Waals surface area (Å²) >= 11 is 6.08. The van der Waals surface area contributed by atoms with Crippen LogP contribution in [-0.2, 0) is 9.84 Å². The van der Waals surface area contributed by atoms with Crippen LogP contribution < -0.4 is 0 Å². The summed E-state index contributed by atoms with van der Waals surface area (Å²) in [5.41, 5.74) is -0.159. The molecule has 0 atom stereocenters. The molecule has 15 heavy (non-hydrogen) atoms. The zero-order valence-electron chi connectivity index (χ0n) is 7.08. The third-order valence-corrected chi connectivity index (χ3v) is 5.28. The number of hydrogen-bond acceptors (Lipinski definition) is 5. The fraction of sp³-hybridized carbons (Fsp3) is 0. The van der Waals surface area contributed by atoms with Gasteiger partial charge in [0.25, 0.3) is 5.69 Å². The van der Waals surface area contributed by atoms with Crippen molar-refractivity contribution in [2.45, 2.75) is 4.90 Å². The predicted octanol–water partition coefficient (Wildman–Crippen LogP) is 2.09. The molecule has 0 aromatic heterocycles. The zero-order valence-corrected chi connectivity index (χ0v) is 10.9. The molecule has 0 spiro atoms. The zero-order chi connectivity index (χ0) is 11.6. The molecule has 0 amide bonds. The van der Waals surface area contributed by atoms with Crippen LogP contribution in [0.1, 0.15) is 0 Å². The van der Waals surface area contributed by atoms with Crippen LogP contribution in [0.2, 0.25) is 0 Å². The molecule has 1 aromatic rings. The van der Waals surface area contributed by atoms with E-state index in [0.717, 1.165) is 12.1 Å². The van der Waals surface area contributed by atoms with Gasteiger partial charge in [-0.05, 0) is 34.7 Å². The van der Waals surface area contributed by atoms with Crippen LogP contribution in [0, 0.1) is 10.1 Å². The minimum absolute atomic E-state index is 0.0347. The van der Waals surface area contributed by atoms with Crippen molar-refractivity contribution in [3.63, 3.8) is 0 Å². The van der Waals surface area contributed by atoms with Crippen LogP contribution in [0.25, 0.3) is 0 Å². The molecule has 1 rings (SSSR count). The Morgan fingerprint density at radius 1 is 1.33 bits per heavy atom. The SMILES string of the molecule is O=[N+]([O-])c1ccc(S(=O)(=O)C(=S)I)cc1. The van der Waals surface area contributed by atoms with Gasteiger partial charge in [-0.15, -0.1) is 0 Å². The maximum Gasteiger partial charge on any atom is 0.269 e. The van der Waals surface area contributed by atoms with Crippen molar-refractivity contribution in [1.82, 2.24) is 0 Å². The lowest BCUT2D eigenvalue weighted by Crippen LogP contribution is -2.06. The van der Waals surface area contributed by atoms with E-state index in [1.54, 1.807) is 0 Å². The highest BCUT2D eigenvalue weighted by molar-refractivity contribution is 14.1. The van der Waals surface area contributed by atoms with Crippen molar-refractivity contribution in [3.8, 4) is 0 Å². The van der Waals surface area contributed by atoms with Gasteiger partial charge in [-0.25, -0.2) is 8.42 Å². The molecule has 80 valence electrons. The molecule has 0 radical (unpaired) electrons. The normalized spacial score (nSPS) is 11.0. The Bertz CT molecular complexity index is 508. The largest absolute Gasteiger partial charge is 0.269 e. The second-order valence-corrected chi connectivity index (χ2v) is 7.59. The Balaban J connectivity index is 3.21. The van der Waals surface area contributed by atoms with E-state index in [2.05, 4.69) is 12.2 Å². The molecular formula is C7H4INO4S2. The van der Waals surface area contributed by atoms with Crippen molar-refractivity contribution < 1.29 is 13.3 Å². The summed E-state index contributed by atoms with van der Waals surface area (Å²) in [5.74, 6) is 0. The molecule has 0 saturated carbocycles. The molecule has 1 aromatic carbocycles. The van der Waals surface area contributed by atoms with E-state index in [1.165, 1.54) is 34.7 Å². The molecule has 0 fully saturated rings. The first-order valence-electron chi connectivity index (χ1n) is 3.54. The van der Waals surface area contributed by atoms with Crippen LogP contribution in [0.15, 0.2) is 29.2 Å². The van der Waals surface area contributed by atoms with Crippen LogP contribution in [0.3, 0.4) is 0 Å². The number of hydrogen-bond donors (Lipinski definition) is 0. The number of non-ortho nitro benzene ring substituents is 1. The number of benzene rings is 1. The minimum atomic E-state index is -3.62. The molecule has 0 N–H and O–H groups in total. The van der Waals surface area contributed by atoms with E-state index < -0.39 is 14.8 Å². The van der Waals surface area contributed by atoms with Gasteiger partial charge in [-0.2, -0.15) is 0 Å². The maximum absolute atomic E-state index is 11.5. The molecular weight excluding hydrogens is 353 g/mol. The van der Waals surface area contributed by atoms with E-state index >= 15 is 0 Å². The quantitative estimate of drug-likeness (QED) is 0.266. The molecule has 0 bridgehead atoms. The third kappa shape index (κ3) is 2.69. The summed E-state index contributed by atoms with van der Waals surface area (Å²) < 4.78 is 22.8. The van der Waals surface area contributed by atoms with Gasteiger partial charge in [0.15, 0.2) is 2.20 Å². The summed E-state index contributed by atoms with van der Waals surface area (Å²) in [4.78, 5) is 9.69. The molecule has 0 saturated heterocycles. The van der Waals surface area contributed by atoms with Gasteiger partial charge in [0.2, 0.25) is 9.84 Å². The van der Waals surface area contributed by atoms with Gasteiger partial charge in [0, 0.05) is 12.1 Å². The van der Waals surface area contributed by atoms with Crippen molar-refractivity contribution in [1.29, 1.82) is 0 Å². The summed E-state index contributed by atoms with van der Waals surface area (Å²) in [6, 6.07) is 4.58. The Kier molecular flexibility index (Phi) is 3.73. The van der Waals surface area contributed by atoms with Crippen LogP contribution >= 0.6 is 34.8 Å². The molecule has 0 unspecified atom stereocenters. The molecule has 8 heteroatoms. The Labute approximate surface area is 105 Å². The average molecular weight is 357 g/mol. The maximum atomic E-state index is 11.5. The average Bonchev–Trinajstić information content (AvgIpc) is 2.17. The van der Waals surface area contributed by atoms with Crippen molar-refractivity contribution >= 4 is 52.5 Å². The Morgan fingerprint density at radius 3 is 2.13 bits per heavy atom. The van der Waals surface area contributed by atoms with Gasteiger partial charge < -0.3 is 0 Å². The third-order valence-electron chi connectivity index (χ3n) is 1.57.